The Labute approximate surface area is 92.2 Å². The van der Waals surface area contributed by atoms with Gasteiger partial charge in [0.05, 0.1) is 0 Å². The van der Waals surface area contributed by atoms with E-state index in [1.165, 1.54) is 5.69 Å². The Bertz CT molecular complexity index is 202. The van der Waals surface area contributed by atoms with Gasteiger partial charge in [-0.05, 0) is 26.2 Å². The lowest BCUT2D eigenvalue weighted by molar-refractivity contribution is 0.412. The fraction of sp³-hybridized carbons (Fsp3) is 0.444. The first-order valence-corrected chi connectivity index (χ1v) is 3.83. The highest BCUT2D eigenvalue weighted by molar-refractivity contribution is 5.85. The third-order valence-electron chi connectivity index (χ3n) is 1.54. The Morgan fingerprint density at radius 3 is 2.38 bits per heavy atom. The number of halogens is 2. The van der Waals surface area contributed by atoms with Gasteiger partial charge in [-0.2, -0.15) is 0 Å². The zero-order chi connectivity index (χ0) is 8.10. The Kier molecular flexibility index (Phi) is 9.68. The number of hydrogen-bond acceptors (Lipinski definition) is 2. The number of pyridine rings is 1. The van der Waals surface area contributed by atoms with Gasteiger partial charge in [0.2, 0.25) is 0 Å². The summed E-state index contributed by atoms with van der Waals surface area (Å²) in [6.07, 6.45) is 2.87. The topological polar surface area (TPSA) is 16.1 Å². The molecule has 13 heavy (non-hydrogen) atoms. The summed E-state index contributed by atoms with van der Waals surface area (Å²) in [5.74, 6) is 0. The van der Waals surface area contributed by atoms with E-state index in [0.717, 1.165) is 13.0 Å². The molecule has 0 saturated carbocycles. The number of hydrogen-bond donors (Lipinski definition) is 0. The molecule has 1 rings (SSSR count). The van der Waals surface area contributed by atoms with Crippen molar-refractivity contribution in [3.05, 3.63) is 30.1 Å². The van der Waals surface area contributed by atoms with Crippen molar-refractivity contribution in [1.82, 2.24) is 9.88 Å². The number of rotatable bonds is 3. The van der Waals surface area contributed by atoms with Gasteiger partial charge in [-0.25, -0.2) is 0 Å². The summed E-state index contributed by atoms with van der Waals surface area (Å²) in [5.41, 5.74) is 1.17. The fourth-order valence-corrected chi connectivity index (χ4v) is 0.884. The summed E-state index contributed by atoms with van der Waals surface area (Å²) in [7, 11) is 4.14. The first kappa shape index (κ1) is 15.2. The molecule has 76 valence electrons. The maximum absolute atomic E-state index is 4.22. The molecule has 0 bridgehead atoms. The van der Waals surface area contributed by atoms with E-state index in [4.69, 9.17) is 0 Å². The van der Waals surface area contributed by atoms with Gasteiger partial charge >= 0.3 is 0 Å². The standard InChI is InChI=1S/C9H14N2.2ClH/c1-11(2)8-6-9-5-3-4-7-10-9;;/h3-5,7H,6,8H2,1-2H3;2*1H. The van der Waals surface area contributed by atoms with Crippen LogP contribution in [0.15, 0.2) is 24.4 Å². The molecular weight excluding hydrogens is 207 g/mol. The largest absolute Gasteiger partial charge is 0.309 e. The van der Waals surface area contributed by atoms with Gasteiger partial charge in [-0.3, -0.25) is 4.98 Å². The lowest BCUT2D eigenvalue weighted by Gasteiger charge is -2.07. The van der Waals surface area contributed by atoms with Crippen LogP contribution < -0.4 is 0 Å². The van der Waals surface area contributed by atoms with Crippen LogP contribution >= 0.6 is 24.8 Å². The van der Waals surface area contributed by atoms with Crippen molar-refractivity contribution in [3.63, 3.8) is 0 Å². The highest BCUT2D eigenvalue weighted by Gasteiger charge is 1.93. The van der Waals surface area contributed by atoms with Crippen molar-refractivity contribution in [3.8, 4) is 0 Å². The Morgan fingerprint density at radius 1 is 1.23 bits per heavy atom. The summed E-state index contributed by atoms with van der Waals surface area (Å²) in [4.78, 5) is 6.39. The molecule has 1 aromatic rings. The normalized spacial score (nSPS) is 8.85. The van der Waals surface area contributed by atoms with Gasteiger partial charge < -0.3 is 4.90 Å². The predicted molar refractivity (Wildman–Crippen MR) is 61.0 cm³/mol. The fourth-order valence-electron chi connectivity index (χ4n) is 0.884. The number of nitrogens with zero attached hydrogens (tertiary/aromatic N) is 2. The highest BCUT2D eigenvalue weighted by Crippen LogP contribution is 1.94. The molecule has 0 spiro atoms. The summed E-state index contributed by atoms with van der Waals surface area (Å²) in [6.45, 7) is 1.07. The molecule has 1 aromatic heterocycles. The lowest BCUT2D eigenvalue weighted by atomic mass is 10.3. The minimum Gasteiger partial charge on any atom is -0.309 e. The molecule has 1 heterocycles. The number of likely N-dealkylation sites (N-methyl/N-ethyl adjacent to an activating group) is 1. The Morgan fingerprint density at radius 2 is 1.92 bits per heavy atom. The van der Waals surface area contributed by atoms with Crippen LogP contribution in [0.25, 0.3) is 0 Å². The van der Waals surface area contributed by atoms with Crippen molar-refractivity contribution in [2.75, 3.05) is 20.6 Å². The molecule has 0 aliphatic rings. The molecule has 4 heteroatoms. The molecule has 0 fully saturated rings. The lowest BCUT2D eigenvalue weighted by Crippen LogP contribution is -2.15. The maximum atomic E-state index is 4.22. The summed E-state index contributed by atoms with van der Waals surface area (Å²) < 4.78 is 0. The van der Waals surface area contributed by atoms with Crippen LogP contribution in [-0.2, 0) is 6.42 Å². The SMILES string of the molecule is CN(C)CCc1ccccn1.Cl.Cl. The van der Waals surface area contributed by atoms with E-state index >= 15 is 0 Å². The van der Waals surface area contributed by atoms with Gasteiger partial charge in [-0.1, -0.05) is 6.07 Å². The monoisotopic (exact) mass is 222 g/mol. The summed E-state index contributed by atoms with van der Waals surface area (Å²) >= 11 is 0. The smallest absolute Gasteiger partial charge is 0.0416 e. The molecule has 0 aromatic carbocycles. The second-order valence-electron chi connectivity index (χ2n) is 2.87. The van der Waals surface area contributed by atoms with Crippen LogP contribution in [0.1, 0.15) is 5.69 Å². The van der Waals surface area contributed by atoms with Gasteiger partial charge in [0.25, 0.3) is 0 Å². The number of aromatic nitrogens is 1. The summed E-state index contributed by atoms with van der Waals surface area (Å²) in [5, 5.41) is 0. The van der Waals surface area contributed by atoms with Crippen LogP contribution in [0.3, 0.4) is 0 Å². The van der Waals surface area contributed by atoms with Crippen LogP contribution in [0.4, 0.5) is 0 Å². The van der Waals surface area contributed by atoms with Crippen molar-refractivity contribution in [1.29, 1.82) is 0 Å². The molecule has 0 aliphatic heterocycles. The molecule has 0 amide bonds. The van der Waals surface area contributed by atoms with Gasteiger partial charge in [-0.15, -0.1) is 24.8 Å². The Hall–Kier alpha value is -0.310. The average molecular weight is 223 g/mol. The molecule has 0 radical (unpaired) electrons. The van der Waals surface area contributed by atoms with Crippen LogP contribution in [0.2, 0.25) is 0 Å². The van der Waals surface area contributed by atoms with E-state index in [1.54, 1.807) is 0 Å². The van der Waals surface area contributed by atoms with Gasteiger partial charge in [0.1, 0.15) is 0 Å². The molecule has 2 nitrogen and oxygen atoms in total. The van der Waals surface area contributed by atoms with Gasteiger partial charge in [0.15, 0.2) is 0 Å². The van der Waals surface area contributed by atoms with Crippen molar-refractivity contribution in [2.24, 2.45) is 0 Å². The second-order valence-corrected chi connectivity index (χ2v) is 2.87. The van der Waals surface area contributed by atoms with E-state index < -0.39 is 0 Å². The maximum Gasteiger partial charge on any atom is 0.0416 e. The zero-order valence-electron chi connectivity index (χ0n) is 7.93. The molecule has 0 N–H and O–H groups in total. The third-order valence-corrected chi connectivity index (χ3v) is 1.54. The van der Waals surface area contributed by atoms with E-state index in [0.29, 0.717) is 0 Å². The average Bonchev–Trinajstić information content (AvgIpc) is 2.03. The van der Waals surface area contributed by atoms with Crippen molar-refractivity contribution >= 4 is 24.8 Å². The zero-order valence-corrected chi connectivity index (χ0v) is 9.57. The van der Waals surface area contributed by atoms with Crippen LogP contribution in [0, 0.1) is 0 Å². The van der Waals surface area contributed by atoms with E-state index in [9.17, 15) is 0 Å². The molecular formula is C9H16Cl2N2. The van der Waals surface area contributed by atoms with E-state index in [-0.39, 0.29) is 24.8 Å². The summed E-state index contributed by atoms with van der Waals surface area (Å²) in [6, 6.07) is 6.03. The molecule has 0 atom stereocenters. The van der Waals surface area contributed by atoms with Crippen LogP contribution in [-0.4, -0.2) is 30.5 Å². The first-order valence-electron chi connectivity index (χ1n) is 3.83. The minimum atomic E-state index is 0. The Balaban J connectivity index is 0. The first-order chi connectivity index (χ1) is 5.29. The van der Waals surface area contributed by atoms with Gasteiger partial charge in [0, 0.05) is 24.9 Å². The van der Waals surface area contributed by atoms with Crippen LogP contribution in [0.5, 0.6) is 0 Å². The third kappa shape index (κ3) is 6.82. The highest BCUT2D eigenvalue weighted by atomic mass is 35.5. The second kappa shape index (κ2) is 8.30. The molecule has 0 unspecified atom stereocenters. The molecule has 0 aliphatic carbocycles. The quantitative estimate of drug-likeness (QED) is 0.779. The van der Waals surface area contributed by atoms with E-state index in [1.807, 2.05) is 18.3 Å². The predicted octanol–water partition coefficient (Wildman–Crippen LogP) is 2.03. The van der Waals surface area contributed by atoms with Crippen molar-refractivity contribution in [2.45, 2.75) is 6.42 Å². The van der Waals surface area contributed by atoms with Crippen molar-refractivity contribution < 1.29 is 0 Å². The molecule has 0 saturated heterocycles. The van der Waals surface area contributed by atoms with E-state index in [2.05, 4.69) is 30.0 Å². The minimum absolute atomic E-state index is 0.